The van der Waals surface area contributed by atoms with E-state index in [2.05, 4.69) is 4.98 Å². The van der Waals surface area contributed by atoms with Gasteiger partial charge in [-0.25, -0.2) is 0 Å². The summed E-state index contributed by atoms with van der Waals surface area (Å²) in [4.78, 5) is 3.33. The Morgan fingerprint density at radius 3 is 2.45 bits per heavy atom. The van der Waals surface area contributed by atoms with Crippen molar-refractivity contribution in [3.05, 3.63) is 29.6 Å². The van der Waals surface area contributed by atoms with Crippen molar-refractivity contribution in [1.29, 1.82) is 5.26 Å². The molecule has 1 aromatic heterocycles. The van der Waals surface area contributed by atoms with Gasteiger partial charge in [-0.15, -0.1) is 0 Å². The Hall–Kier alpha value is -1.65. The van der Waals surface area contributed by atoms with E-state index in [1.807, 2.05) is 6.07 Å². The highest BCUT2D eigenvalue weighted by Crippen LogP contribution is 2.36. The summed E-state index contributed by atoms with van der Waals surface area (Å²) in [5.41, 5.74) is -2.02. The fourth-order valence-electron chi connectivity index (χ4n) is 2.26. The molecule has 1 fully saturated rings. The van der Waals surface area contributed by atoms with Crippen LogP contribution >= 0.6 is 0 Å². The molecule has 0 unspecified atom stereocenters. The predicted octanol–water partition coefficient (Wildman–Crippen LogP) is 2.25. The van der Waals surface area contributed by atoms with Crippen LogP contribution in [0, 0.1) is 11.3 Å². The number of ether oxygens (including phenoxy) is 1. The summed E-state index contributed by atoms with van der Waals surface area (Å²) in [5, 5.41) is 19.7. The Labute approximate surface area is 113 Å². The Bertz CT molecular complexity index is 502. The molecule has 108 valence electrons. The standard InChI is InChI=1S/C13H13F3N2O2/c14-13(15,16)11-2-1-9(8-18-11)10(7-17)12(19)3-5-20-6-4-12/h1-2,8,10,19H,3-6H2/t10-/m1/s1. The van der Waals surface area contributed by atoms with E-state index in [1.165, 1.54) is 6.07 Å². The SMILES string of the molecule is N#C[C@H](c1ccc(C(F)(F)F)nc1)C1(O)CCOCC1. The molecule has 20 heavy (non-hydrogen) atoms. The molecular weight excluding hydrogens is 273 g/mol. The largest absolute Gasteiger partial charge is 0.433 e. The first-order valence-electron chi connectivity index (χ1n) is 6.10. The van der Waals surface area contributed by atoms with E-state index < -0.39 is 23.4 Å². The normalized spacial score (nSPS) is 20.1. The van der Waals surface area contributed by atoms with Gasteiger partial charge in [-0.1, -0.05) is 6.07 Å². The van der Waals surface area contributed by atoms with E-state index in [9.17, 15) is 23.5 Å². The summed E-state index contributed by atoms with van der Waals surface area (Å²) in [5.74, 6) is -0.916. The first-order chi connectivity index (χ1) is 9.37. The zero-order valence-corrected chi connectivity index (χ0v) is 10.5. The molecule has 2 rings (SSSR count). The first-order valence-corrected chi connectivity index (χ1v) is 6.10. The number of nitrogens with zero attached hydrogens (tertiary/aromatic N) is 2. The molecule has 0 aromatic carbocycles. The molecule has 1 aliphatic rings. The van der Waals surface area contributed by atoms with Gasteiger partial charge < -0.3 is 9.84 Å². The molecule has 0 saturated carbocycles. The van der Waals surface area contributed by atoms with Crippen molar-refractivity contribution >= 4 is 0 Å². The molecule has 1 aromatic rings. The lowest BCUT2D eigenvalue weighted by Crippen LogP contribution is -2.41. The summed E-state index contributed by atoms with van der Waals surface area (Å²) < 4.78 is 42.4. The van der Waals surface area contributed by atoms with Gasteiger partial charge in [0.15, 0.2) is 0 Å². The number of alkyl halides is 3. The fraction of sp³-hybridized carbons (Fsp3) is 0.538. The number of hydrogen-bond donors (Lipinski definition) is 1. The van der Waals surface area contributed by atoms with Crippen LogP contribution in [0.4, 0.5) is 13.2 Å². The molecule has 4 nitrogen and oxygen atoms in total. The van der Waals surface area contributed by atoms with E-state index >= 15 is 0 Å². The van der Waals surface area contributed by atoms with E-state index in [1.54, 1.807) is 0 Å². The minimum absolute atomic E-state index is 0.270. The van der Waals surface area contributed by atoms with E-state index in [4.69, 9.17) is 4.74 Å². The van der Waals surface area contributed by atoms with Crippen LogP contribution in [0.15, 0.2) is 18.3 Å². The lowest BCUT2D eigenvalue weighted by atomic mass is 9.78. The number of nitriles is 1. The van der Waals surface area contributed by atoms with Crippen molar-refractivity contribution in [1.82, 2.24) is 4.98 Å². The number of pyridine rings is 1. The topological polar surface area (TPSA) is 66.1 Å². The van der Waals surface area contributed by atoms with Crippen molar-refractivity contribution in [2.75, 3.05) is 13.2 Å². The average molecular weight is 286 g/mol. The van der Waals surface area contributed by atoms with Gasteiger partial charge in [-0.3, -0.25) is 4.98 Å². The number of aromatic nitrogens is 1. The van der Waals surface area contributed by atoms with Crippen LogP contribution in [-0.4, -0.2) is 28.9 Å². The van der Waals surface area contributed by atoms with Crippen LogP contribution in [0.2, 0.25) is 0 Å². The van der Waals surface area contributed by atoms with Gasteiger partial charge in [0.25, 0.3) is 0 Å². The third kappa shape index (κ3) is 2.92. The van der Waals surface area contributed by atoms with Crippen LogP contribution in [0.25, 0.3) is 0 Å². The summed E-state index contributed by atoms with van der Waals surface area (Å²) >= 11 is 0. The molecular formula is C13H13F3N2O2. The Morgan fingerprint density at radius 1 is 1.35 bits per heavy atom. The van der Waals surface area contributed by atoms with Gasteiger partial charge in [0.1, 0.15) is 11.6 Å². The first kappa shape index (κ1) is 14.8. The monoisotopic (exact) mass is 286 g/mol. The molecule has 7 heteroatoms. The molecule has 1 saturated heterocycles. The van der Waals surface area contributed by atoms with E-state index in [0.29, 0.717) is 13.2 Å². The Kier molecular flexibility index (Phi) is 3.97. The molecule has 0 radical (unpaired) electrons. The highest BCUT2D eigenvalue weighted by molar-refractivity contribution is 5.28. The van der Waals surface area contributed by atoms with Crippen LogP contribution in [0.5, 0.6) is 0 Å². The molecule has 0 bridgehead atoms. The molecule has 0 amide bonds. The second kappa shape index (κ2) is 5.38. The zero-order chi connectivity index (χ0) is 14.8. The van der Waals surface area contributed by atoms with E-state index in [0.717, 1.165) is 12.3 Å². The molecule has 1 atom stereocenters. The summed E-state index contributed by atoms with van der Waals surface area (Å²) in [7, 11) is 0. The fourth-order valence-corrected chi connectivity index (χ4v) is 2.26. The summed E-state index contributed by atoms with van der Waals surface area (Å²) in [6.07, 6.45) is -2.97. The van der Waals surface area contributed by atoms with Crippen molar-refractivity contribution in [2.24, 2.45) is 0 Å². The van der Waals surface area contributed by atoms with Crippen molar-refractivity contribution in [3.63, 3.8) is 0 Å². The quantitative estimate of drug-likeness (QED) is 0.905. The van der Waals surface area contributed by atoms with Crippen molar-refractivity contribution < 1.29 is 23.0 Å². The minimum Gasteiger partial charge on any atom is -0.388 e. The number of halogens is 3. The zero-order valence-electron chi connectivity index (χ0n) is 10.5. The van der Waals surface area contributed by atoms with Gasteiger partial charge in [0.2, 0.25) is 0 Å². The van der Waals surface area contributed by atoms with E-state index in [-0.39, 0.29) is 18.4 Å². The average Bonchev–Trinajstić information content (AvgIpc) is 2.39. The van der Waals surface area contributed by atoms with Gasteiger partial charge >= 0.3 is 6.18 Å². The third-order valence-corrected chi connectivity index (χ3v) is 3.44. The van der Waals surface area contributed by atoms with Crippen LogP contribution in [0.3, 0.4) is 0 Å². The van der Waals surface area contributed by atoms with Crippen LogP contribution in [-0.2, 0) is 10.9 Å². The molecule has 0 aliphatic carbocycles. The highest BCUT2D eigenvalue weighted by atomic mass is 19.4. The number of hydrogen-bond acceptors (Lipinski definition) is 4. The van der Waals surface area contributed by atoms with Crippen molar-refractivity contribution in [2.45, 2.75) is 30.5 Å². The predicted molar refractivity (Wildman–Crippen MR) is 62.6 cm³/mol. The molecule has 1 aliphatic heterocycles. The Morgan fingerprint density at radius 2 is 2.00 bits per heavy atom. The second-order valence-corrected chi connectivity index (χ2v) is 4.75. The lowest BCUT2D eigenvalue weighted by Gasteiger charge is -2.35. The smallest absolute Gasteiger partial charge is 0.388 e. The van der Waals surface area contributed by atoms with Gasteiger partial charge in [0, 0.05) is 32.3 Å². The number of aliphatic hydroxyl groups is 1. The maximum atomic E-state index is 12.4. The van der Waals surface area contributed by atoms with Gasteiger partial charge in [-0.2, -0.15) is 18.4 Å². The highest BCUT2D eigenvalue weighted by Gasteiger charge is 2.40. The van der Waals surface area contributed by atoms with Crippen LogP contribution < -0.4 is 0 Å². The van der Waals surface area contributed by atoms with Crippen molar-refractivity contribution in [3.8, 4) is 6.07 Å². The maximum Gasteiger partial charge on any atom is 0.433 e. The molecule has 2 heterocycles. The second-order valence-electron chi connectivity index (χ2n) is 4.75. The summed E-state index contributed by atoms with van der Waals surface area (Å²) in [6, 6.07) is 3.97. The minimum atomic E-state index is -4.52. The van der Waals surface area contributed by atoms with Gasteiger partial charge in [-0.05, 0) is 11.6 Å². The van der Waals surface area contributed by atoms with Crippen LogP contribution in [0.1, 0.15) is 30.0 Å². The van der Waals surface area contributed by atoms with Gasteiger partial charge in [0.05, 0.1) is 11.7 Å². The lowest BCUT2D eigenvalue weighted by molar-refractivity contribution is -0.141. The Balaban J connectivity index is 2.26. The molecule has 1 N–H and O–H groups in total. The number of rotatable bonds is 2. The third-order valence-electron chi connectivity index (χ3n) is 3.44. The summed E-state index contributed by atoms with van der Waals surface area (Å²) in [6.45, 7) is 0.644. The maximum absolute atomic E-state index is 12.4. The molecule has 0 spiro atoms.